The van der Waals surface area contributed by atoms with E-state index in [0.717, 1.165) is 12.8 Å². The predicted octanol–water partition coefficient (Wildman–Crippen LogP) is 1.73. The normalized spacial score (nSPS) is 22.1. The van der Waals surface area contributed by atoms with Gasteiger partial charge in [-0.25, -0.2) is 4.39 Å². The summed E-state index contributed by atoms with van der Waals surface area (Å²) in [6, 6.07) is 2.43. The molecule has 0 saturated heterocycles. The number of hydrogen-bond acceptors (Lipinski definition) is 6. The monoisotopic (exact) mass is 391 g/mol. The molecule has 0 bridgehead atoms. The van der Waals surface area contributed by atoms with Gasteiger partial charge in [-0.2, -0.15) is 0 Å². The number of carboxylic acids is 1. The van der Waals surface area contributed by atoms with E-state index in [0.29, 0.717) is 17.3 Å². The van der Waals surface area contributed by atoms with E-state index >= 15 is 0 Å². The first kappa shape index (κ1) is 19.9. The number of oxime groups is 1. The summed E-state index contributed by atoms with van der Waals surface area (Å²) >= 11 is 0. The number of hydrogen-bond donors (Lipinski definition) is 2. The van der Waals surface area contributed by atoms with Gasteiger partial charge in [0.1, 0.15) is 18.4 Å². The summed E-state index contributed by atoms with van der Waals surface area (Å²) in [5.41, 5.74) is 0.904. The number of nitrogens with zero attached hydrogens (tertiary/aromatic N) is 2. The number of Topliss-reactive ketones (excluding diaryl/α,β-unsaturated/α-hetero) is 1. The van der Waals surface area contributed by atoms with Gasteiger partial charge in [0.05, 0.1) is 12.1 Å². The SMILES string of the molecule is CCC1(C(=O)NC(CC(=O)O)C(=O)CF)CC(c2cc(C3CC3)ccn2)=NO1. The summed E-state index contributed by atoms with van der Waals surface area (Å²) < 4.78 is 12.7. The lowest BCUT2D eigenvalue weighted by atomic mass is 9.91. The number of aliphatic carboxylic acids is 1. The number of ketones is 1. The quantitative estimate of drug-likeness (QED) is 0.662. The van der Waals surface area contributed by atoms with E-state index in [2.05, 4.69) is 15.5 Å². The molecule has 1 fully saturated rings. The Morgan fingerprint density at radius 1 is 1.43 bits per heavy atom. The van der Waals surface area contributed by atoms with Crippen molar-refractivity contribution in [2.45, 2.75) is 56.6 Å². The molecule has 0 aromatic carbocycles. The lowest BCUT2D eigenvalue weighted by Gasteiger charge is -2.26. The highest BCUT2D eigenvalue weighted by molar-refractivity contribution is 6.05. The Balaban J connectivity index is 1.73. The number of carbonyl (C=O) groups is 3. The molecule has 1 aliphatic heterocycles. The fourth-order valence-corrected chi connectivity index (χ4v) is 3.16. The molecule has 1 amide bonds. The molecule has 2 atom stereocenters. The number of nitrogens with one attached hydrogen (secondary N) is 1. The molecule has 1 aliphatic carbocycles. The van der Waals surface area contributed by atoms with E-state index in [9.17, 15) is 18.8 Å². The van der Waals surface area contributed by atoms with Gasteiger partial charge in [0.25, 0.3) is 5.91 Å². The maximum absolute atomic E-state index is 12.8. The van der Waals surface area contributed by atoms with E-state index in [-0.39, 0.29) is 12.8 Å². The van der Waals surface area contributed by atoms with Gasteiger partial charge in [0, 0.05) is 12.6 Å². The zero-order valence-electron chi connectivity index (χ0n) is 15.5. The number of carboxylic acid groups (broad SMARTS) is 1. The largest absolute Gasteiger partial charge is 0.481 e. The molecule has 8 nitrogen and oxygen atoms in total. The molecule has 1 aromatic heterocycles. The van der Waals surface area contributed by atoms with Gasteiger partial charge in [0.15, 0.2) is 5.78 Å². The van der Waals surface area contributed by atoms with Crippen LogP contribution in [0.2, 0.25) is 0 Å². The van der Waals surface area contributed by atoms with Crippen LogP contribution in [0.5, 0.6) is 0 Å². The van der Waals surface area contributed by atoms with Gasteiger partial charge in [0.2, 0.25) is 5.60 Å². The van der Waals surface area contributed by atoms with Crippen LogP contribution in [0.25, 0.3) is 0 Å². The van der Waals surface area contributed by atoms with E-state index in [1.54, 1.807) is 13.1 Å². The van der Waals surface area contributed by atoms with Gasteiger partial charge in [-0.15, -0.1) is 0 Å². The molecule has 1 aromatic rings. The molecule has 3 rings (SSSR count). The fourth-order valence-electron chi connectivity index (χ4n) is 3.16. The van der Waals surface area contributed by atoms with Crippen molar-refractivity contribution in [3.05, 3.63) is 29.6 Å². The van der Waals surface area contributed by atoms with Crippen molar-refractivity contribution in [2.75, 3.05) is 6.67 Å². The number of aromatic nitrogens is 1. The van der Waals surface area contributed by atoms with Crippen LogP contribution in [0.3, 0.4) is 0 Å². The van der Waals surface area contributed by atoms with Crippen LogP contribution in [0.15, 0.2) is 23.5 Å². The molecular formula is C19H22FN3O5. The van der Waals surface area contributed by atoms with Crippen molar-refractivity contribution in [1.29, 1.82) is 0 Å². The highest BCUT2D eigenvalue weighted by Gasteiger charge is 2.47. The Morgan fingerprint density at radius 3 is 2.79 bits per heavy atom. The summed E-state index contributed by atoms with van der Waals surface area (Å²) in [4.78, 5) is 45.1. The Kier molecular flexibility index (Phi) is 5.71. The van der Waals surface area contributed by atoms with Crippen LogP contribution in [-0.2, 0) is 19.2 Å². The first-order chi connectivity index (χ1) is 13.4. The molecule has 2 heterocycles. The summed E-state index contributed by atoms with van der Waals surface area (Å²) in [5, 5.41) is 15.2. The third-order valence-electron chi connectivity index (χ3n) is 5.10. The maximum Gasteiger partial charge on any atom is 0.305 e. The van der Waals surface area contributed by atoms with Crippen molar-refractivity contribution in [3.63, 3.8) is 0 Å². The average molecular weight is 391 g/mol. The number of pyridine rings is 1. The summed E-state index contributed by atoms with van der Waals surface area (Å²) in [6.07, 6.45) is 3.63. The number of halogens is 1. The third-order valence-corrected chi connectivity index (χ3v) is 5.10. The molecule has 1 saturated carbocycles. The molecule has 150 valence electrons. The number of carbonyl (C=O) groups excluding carboxylic acids is 2. The summed E-state index contributed by atoms with van der Waals surface area (Å²) in [6.45, 7) is 0.354. The van der Waals surface area contributed by atoms with Crippen molar-refractivity contribution in [1.82, 2.24) is 10.3 Å². The standard InChI is InChI=1S/C19H22FN3O5/c1-2-19(18(27)22-14(8-17(25)26)16(24)10-20)9-15(23-28-19)13-7-12(5-6-21-13)11-3-4-11/h5-7,11,14H,2-4,8-10H2,1H3,(H,22,27)(H,25,26). The van der Waals surface area contributed by atoms with Gasteiger partial charge < -0.3 is 15.3 Å². The van der Waals surface area contributed by atoms with Crippen LogP contribution in [0.1, 0.15) is 56.2 Å². The Morgan fingerprint density at radius 2 is 2.18 bits per heavy atom. The lowest BCUT2D eigenvalue weighted by Crippen LogP contribution is -2.53. The number of alkyl halides is 1. The molecule has 0 radical (unpaired) electrons. The predicted molar refractivity (Wildman–Crippen MR) is 96.6 cm³/mol. The molecule has 2 aliphatic rings. The Bertz CT molecular complexity index is 824. The van der Waals surface area contributed by atoms with Crippen molar-refractivity contribution in [3.8, 4) is 0 Å². The van der Waals surface area contributed by atoms with Crippen LogP contribution in [0, 0.1) is 0 Å². The van der Waals surface area contributed by atoms with Crippen LogP contribution >= 0.6 is 0 Å². The zero-order valence-corrected chi connectivity index (χ0v) is 15.5. The second-order valence-electron chi connectivity index (χ2n) is 7.13. The van der Waals surface area contributed by atoms with E-state index in [1.165, 1.54) is 5.56 Å². The molecule has 0 spiro atoms. The van der Waals surface area contributed by atoms with Gasteiger partial charge >= 0.3 is 5.97 Å². The molecule has 2 N–H and O–H groups in total. The molecule has 2 unspecified atom stereocenters. The first-order valence-corrected chi connectivity index (χ1v) is 9.21. The van der Waals surface area contributed by atoms with Crippen molar-refractivity contribution >= 4 is 23.4 Å². The zero-order chi connectivity index (χ0) is 20.3. The Labute approximate surface area is 161 Å². The first-order valence-electron chi connectivity index (χ1n) is 9.21. The van der Waals surface area contributed by atoms with Crippen molar-refractivity contribution < 1.29 is 28.7 Å². The van der Waals surface area contributed by atoms with Gasteiger partial charge in [-0.3, -0.25) is 19.4 Å². The minimum atomic E-state index is -1.46. The highest BCUT2D eigenvalue weighted by atomic mass is 19.1. The second-order valence-corrected chi connectivity index (χ2v) is 7.13. The topological polar surface area (TPSA) is 118 Å². The summed E-state index contributed by atoms with van der Waals surface area (Å²) in [5.74, 6) is -2.48. The smallest absolute Gasteiger partial charge is 0.305 e. The maximum atomic E-state index is 12.8. The average Bonchev–Trinajstić information content (AvgIpc) is 3.45. The number of rotatable bonds is 9. The lowest BCUT2D eigenvalue weighted by molar-refractivity contribution is -0.148. The molecular weight excluding hydrogens is 369 g/mol. The molecule has 9 heteroatoms. The number of amides is 1. The van der Waals surface area contributed by atoms with E-state index in [1.807, 2.05) is 12.1 Å². The van der Waals surface area contributed by atoms with Crippen LogP contribution in [0.4, 0.5) is 4.39 Å². The van der Waals surface area contributed by atoms with Crippen molar-refractivity contribution in [2.24, 2.45) is 5.16 Å². The van der Waals surface area contributed by atoms with Crippen LogP contribution < -0.4 is 5.32 Å². The second kappa shape index (κ2) is 8.04. The minimum Gasteiger partial charge on any atom is -0.481 e. The minimum absolute atomic E-state index is 0.125. The third kappa shape index (κ3) is 4.18. The highest BCUT2D eigenvalue weighted by Crippen LogP contribution is 2.40. The van der Waals surface area contributed by atoms with E-state index in [4.69, 9.17) is 9.94 Å². The van der Waals surface area contributed by atoms with Gasteiger partial charge in [-0.1, -0.05) is 12.1 Å². The van der Waals surface area contributed by atoms with Gasteiger partial charge in [-0.05, 0) is 42.9 Å². The molecule has 28 heavy (non-hydrogen) atoms. The Hall–Kier alpha value is -2.84. The van der Waals surface area contributed by atoms with Crippen LogP contribution in [-0.4, -0.2) is 51.8 Å². The fraction of sp³-hybridized carbons (Fsp3) is 0.526. The van der Waals surface area contributed by atoms with E-state index < -0.39 is 42.4 Å². The summed E-state index contributed by atoms with van der Waals surface area (Å²) in [7, 11) is 0.